The summed E-state index contributed by atoms with van der Waals surface area (Å²) in [6.45, 7) is 1.94. The first kappa shape index (κ1) is 15.7. The Hall–Kier alpha value is -1.73. The van der Waals surface area contributed by atoms with Crippen LogP contribution in [0.2, 0.25) is 0 Å². The number of aryl methyl sites for hydroxylation is 1. The Labute approximate surface area is 133 Å². The van der Waals surface area contributed by atoms with E-state index < -0.39 is 5.97 Å². The summed E-state index contributed by atoms with van der Waals surface area (Å²) in [5, 5.41) is 11.9. The number of benzene rings is 1. The molecule has 0 saturated carbocycles. The molecule has 1 heterocycles. The second kappa shape index (κ2) is 6.82. The van der Waals surface area contributed by atoms with E-state index in [-0.39, 0.29) is 17.4 Å². The van der Waals surface area contributed by atoms with Crippen molar-refractivity contribution >= 4 is 45.3 Å². The molecule has 0 aliphatic heterocycles. The van der Waals surface area contributed by atoms with Crippen LogP contribution in [0.25, 0.3) is 0 Å². The summed E-state index contributed by atoms with van der Waals surface area (Å²) < 4.78 is 6.04. The molecule has 2 N–H and O–H groups in total. The Morgan fingerprint density at radius 1 is 1.33 bits per heavy atom. The van der Waals surface area contributed by atoms with Crippen molar-refractivity contribution in [1.29, 1.82) is 0 Å². The minimum atomic E-state index is -1.13. The lowest BCUT2D eigenvalue weighted by atomic mass is 10.2. The molecule has 2 rings (SSSR count). The molecule has 0 aliphatic carbocycles. The topological polar surface area (TPSA) is 79.5 Å². The molecule has 7 heteroatoms. The number of aromatic carboxylic acids is 1. The third kappa shape index (κ3) is 4.37. The Kier molecular flexibility index (Phi) is 5.08. The van der Waals surface area contributed by atoms with Crippen LogP contribution in [-0.4, -0.2) is 22.7 Å². The van der Waals surface area contributed by atoms with E-state index in [0.29, 0.717) is 10.8 Å². The quantitative estimate of drug-likeness (QED) is 0.783. The molecule has 0 atom stereocenters. The number of carboxylic acids is 1. The van der Waals surface area contributed by atoms with Crippen LogP contribution in [-0.2, 0) is 4.79 Å². The Morgan fingerprint density at radius 3 is 2.71 bits per heavy atom. The molecule has 0 fully saturated rings. The minimum absolute atomic E-state index is 0.138. The number of thioether (sulfide) groups is 1. The van der Waals surface area contributed by atoms with Crippen LogP contribution < -0.4 is 5.32 Å². The zero-order chi connectivity index (χ0) is 15.4. The molecule has 21 heavy (non-hydrogen) atoms. The number of carbonyl (C=O) groups excluding carboxylic acids is 1. The summed E-state index contributed by atoms with van der Waals surface area (Å²) in [4.78, 5) is 22.5. The number of hydrogen-bond donors (Lipinski definition) is 2. The first-order chi connectivity index (χ1) is 9.95. The standard InChI is InChI=1S/C14H12BrNO4S/c1-8-6-9(2-3-10(8)15)16-12(17)7-21-13-5-4-11(20-13)14(18)19/h2-6H,7H2,1H3,(H,16,17)(H,18,19). The smallest absolute Gasteiger partial charge is 0.371 e. The monoisotopic (exact) mass is 369 g/mol. The van der Waals surface area contributed by atoms with Crippen molar-refractivity contribution in [1.82, 2.24) is 0 Å². The third-order valence-corrected chi connectivity index (χ3v) is 4.38. The highest BCUT2D eigenvalue weighted by molar-refractivity contribution is 9.10. The van der Waals surface area contributed by atoms with Crippen LogP contribution in [0.5, 0.6) is 0 Å². The summed E-state index contributed by atoms with van der Waals surface area (Å²) in [7, 11) is 0. The average Bonchev–Trinajstić information content (AvgIpc) is 2.90. The van der Waals surface area contributed by atoms with E-state index in [2.05, 4.69) is 21.2 Å². The third-order valence-electron chi connectivity index (χ3n) is 2.58. The fourth-order valence-corrected chi connectivity index (χ4v) is 2.47. The summed E-state index contributed by atoms with van der Waals surface area (Å²) >= 11 is 4.54. The molecule has 1 aromatic heterocycles. The first-order valence-electron chi connectivity index (χ1n) is 5.97. The highest BCUT2D eigenvalue weighted by atomic mass is 79.9. The molecule has 2 aromatic rings. The predicted molar refractivity (Wildman–Crippen MR) is 83.9 cm³/mol. The van der Waals surface area contributed by atoms with Gasteiger partial charge in [-0.05, 0) is 42.8 Å². The fourth-order valence-electron chi connectivity index (χ4n) is 1.57. The normalized spacial score (nSPS) is 10.4. The first-order valence-corrected chi connectivity index (χ1v) is 7.75. The van der Waals surface area contributed by atoms with E-state index >= 15 is 0 Å². The number of amides is 1. The van der Waals surface area contributed by atoms with Crippen LogP contribution in [0.1, 0.15) is 16.1 Å². The van der Waals surface area contributed by atoms with E-state index in [9.17, 15) is 9.59 Å². The number of rotatable bonds is 5. The van der Waals surface area contributed by atoms with Gasteiger partial charge in [-0.1, -0.05) is 27.7 Å². The molecule has 0 bridgehead atoms. The number of hydrogen-bond acceptors (Lipinski definition) is 4. The number of halogens is 1. The molecular formula is C14H12BrNO4S. The Bertz CT molecular complexity index is 683. The summed E-state index contributed by atoms with van der Waals surface area (Å²) in [6.07, 6.45) is 0. The molecule has 0 unspecified atom stereocenters. The number of nitrogens with one attached hydrogen (secondary N) is 1. The van der Waals surface area contributed by atoms with Crippen molar-refractivity contribution in [3.8, 4) is 0 Å². The van der Waals surface area contributed by atoms with Crippen LogP contribution in [0.4, 0.5) is 5.69 Å². The van der Waals surface area contributed by atoms with Gasteiger partial charge in [-0.2, -0.15) is 0 Å². The zero-order valence-corrected chi connectivity index (χ0v) is 13.5. The lowest BCUT2D eigenvalue weighted by molar-refractivity contribution is -0.113. The SMILES string of the molecule is Cc1cc(NC(=O)CSc2ccc(C(=O)O)o2)ccc1Br. The van der Waals surface area contributed by atoms with E-state index in [1.165, 1.54) is 12.1 Å². The van der Waals surface area contributed by atoms with Gasteiger partial charge in [0.1, 0.15) is 0 Å². The van der Waals surface area contributed by atoms with E-state index in [4.69, 9.17) is 9.52 Å². The maximum atomic E-state index is 11.8. The second-order valence-electron chi connectivity index (χ2n) is 4.22. The van der Waals surface area contributed by atoms with Gasteiger partial charge in [-0.3, -0.25) is 4.79 Å². The van der Waals surface area contributed by atoms with Crippen molar-refractivity contribution in [3.63, 3.8) is 0 Å². The predicted octanol–water partition coefficient (Wildman–Crippen LogP) is 3.78. The number of carboxylic acid groups (broad SMARTS) is 1. The van der Waals surface area contributed by atoms with Gasteiger partial charge in [0.25, 0.3) is 0 Å². The highest BCUT2D eigenvalue weighted by Crippen LogP contribution is 2.23. The molecule has 110 valence electrons. The summed E-state index contributed by atoms with van der Waals surface area (Å²) in [5.41, 5.74) is 1.74. The van der Waals surface area contributed by atoms with Crippen molar-refractivity contribution in [2.45, 2.75) is 12.0 Å². The van der Waals surface area contributed by atoms with Gasteiger partial charge in [0.05, 0.1) is 5.75 Å². The van der Waals surface area contributed by atoms with Gasteiger partial charge in [-0.15, -0.1) is 0 Å². The van der Waals surface area contributed by atoms with Crippen LogP contribution in [0.15, 0.2) is 44.3 Å². The van der Waals surface area contributed by atoms with E-state index in [0.717, 1.165) is 21.8 Å². The molecule has 0 saturated heterocycles. The van der Waals surface area contributed by atoms with Gasteiger partial charge >= 0.3 is 5.97 Å². The largest absolute Gasteiger partial charge is 0.475 e. The van der Waals surface area contributed by atoms with Crippen LogP contribution >= 0.6 is 27.7 Å². The Balaban J connectivity index is 1.89. The average molecular weight is 370 g/mol. The van der Waals surface area contributed by atoms with Crippen molar-refractivity contribution in [2.24, 2.45) is 0 Å². The number of furan rings is 1. The van der Waals surface area contributed by atoms with Crippen LogP contribution in [0, 0.1) is 6.92 Å². The number of carbonyl (C=O) groups is 2. The summed E-state index contributed by atoms with van der Waals surface area (Å²) in [6, 6.07) is 8.42. The Morgan fingerprint density at radius 2 is 2.10 bits per heavy atom. The fraction of sp³-hybridized carbons (Fsp3) is 0.143. The van der Waals surface area contributed by atoms with Gasteiger partial charge in [0.15, 0.2) is 5.09 Å². The van der Waals surface area contributed by atoms with Gasteiger partial charge in [0, 0.05) is 10.2 Å². The van der Waals surface area contributed by atoms with E-state index in [1.807, 2.05) is 19.1 Å². The maximum Gasteiger partial charge on any atom is 0.371 e. The van der Waals surface area contributed by atoms with Crippen LogP contribution in [0.3, 0.4) is 0 Å². The lowest BCUT2D eigenvalue weighted by Crippen LogP contribution is -2.13. The molecule has 0 radical (unpaired) electrons. The van der Waals surface area contributed by atoms with Crippen molar-refractivity contribution < 1.29 is 19.1 Å². The zero-order valence-electron chi connectivity index (χ0n) is 11.1. The van der Waals surface area contributed by atoms with Gasteiger partial charge in [-0.25, -0.2) is 4.79 Å². The molecule has 0 spiro atoms. The summed E-state index contributed by atoms with van der Waals surface area (Å²) in [5.74, 6) is -1.31. The molecule has 1 amide bonds. The van der Waals surface area contributed by atoms with Crippen molar-refractivity contribution in [2.75, 3.05) is 11.1 Å². The minimum Gasteiger partial charge on any atom is -0.475 e. The maximum absolute atomic E-state index is 11.8. The second-order valence-corrected chi connectivity index (χ2v) is 6.06. The highest BCUT2D eigenvalue weighted by Gasteiger charge is 2.11. The lowest BCUT2D eigenvalue weighted by Gasteiger charge is -2.06. The van der Waals surface area contributed by atoms with E-state index in [1.54, 1.807) is 6.07 Å². The molecule has 0 aliphatic rings. The van der Waals surface area contributed by atoms with Gasteiger partial charge < -0.3 is 14.8 Å². The molecular weight excluding hydrogens is 358 g/mol. The number of anilines is 1. The van der Waals surface area contributed by atoms with Gasteiger partial charge in [0.2, 0.25) is 11.7 Å². The molecule has 5 nitrogen and oxygen atoms in total. The van der Waals surface area contributed by atoms with Crippen molar-refractivity contribution in [3.05, 3.63) is 46.1 Å². The molecule has 1 aromatic carbocycles.